The van der Waals surface area contributed by atoms with E-state index in [0.29, 0.717) is 48.2 Å². The van der Waals surface area contributed by atoms with Crippen LogP contribution in [0.25, 0.3) is 0 Å². The van der Waals surface area contributed by atoms with Crippen LogP contribution in [0, 0.1) is 11.8 Å². The second-order valence-corrected chi connectivity index (χ2v) is 11.9. The molecule has 0 bridgehead atoms. The van der Waals surface area contributed by atoms with Gasteiger partial charge in [-0.15, -0.1) is 0 Å². The van der Waals surface area contributed by atoms with Crippen molar-refractivity contribution in [2.24, 2.45) is 11.8 Å². The van der Waals surface area contributed by atoms with Crippen LogP contribution in [-0.2, 0) is 9.59 Å². The molecule has 8 nitrogen and oxygen atoms in total. The quantitative estimate of drug-likeness (QED) is 0.153. The van der Waals surface area contributed by atoms with E-state index in [-0.39, 0.29) is 47.5 Å². The first-order valence-electron chi connectivity index (χ1n) is 15.8. The molecule has 0 radical (unpaired) electrons. The van der Waals surface area contributed by atoms with Crippen molar-refractivity contribution in [3.8, 4) is 0 Å². The van der Waals surface area contributed by atoms with Gasteiger partial charge in [0, 0.05) is 34.3 Å². The van der Waals surface area contributed by atoms with E-state index in [9.17, 15) is 19.2 Å². The third kappa shape index (κ3) is 8.47. The number of carbonyl (C=O) groups is 4. The average molecular weight is 617 g/mol. The van der Waals surface area contributed by atoms with Gasteiger partial charge in [0.25, 0.3) is 11.8 Å². The van der Waals surface area contributed by atoms with Crippen molar-refractivity contribution in [2.75, 3.05) is 10.6 Å². The smallest absolute Gasteiger partial charge is 0.251 e. The van der Waals surface area contributed by atoms with Gasteiger partial charge in [-0.2, -0.15) is 0 Å². The maximum absolute atomic E-state index is 13.1. The third-order valence-electron chi connectivity index (χ3n) is 8.55. The van der Waals surface area contributed by atoms with Gasteiger partial charge in [0.05, 0.1) is 12.1 Å². The molecule has 4 amide bonds. The van der Waals surface area contributed by atoms with Crippen molar-refractivity contribution in [1.82, 2.24) is 10.6 Å². The number of amides is 4. The summed E-state index contributed by atoms with van der Waals surface area (Å²) in [5.74, 6) is -1.11. The van der Waals surface area contributed by atoms with Crippen LogP contribution in [0.1, 0.15) is 83.5 Å². The highest BCUT2D eigenvalue weighted by Gasteiger charge is 2.30. The summed E-state index contributed by atoms with van der Waals surface area (Å²) in [5, 5.41) is 11.9. The molecular formula is C38H40N4O4. The zero-order valence-corrected chi connectivity index (χ0v) is 26.2. The van der Waals surface area contributed by atoms with Crippen LogP contribution >= 0.6 is 0 Å². The molecule has 46 heavy (non-hydrogen) atoms. The number of rotatable bonds is 10. The molecule has 4 aromatic rings. The molecular weight excluding hydrogens is 576 g/mol. The fourth-order valence-corrected chi connectivity index (χ4v) is 5.79. The summed E-state index contributed by atoms with van der Waals surface area (Å²) in [4.78, 5) is 51.9. The lowest BCUT2D eigenvalue weighted by molar-refractivity contribution is -0.125. The summed E-state index contributed by atoms with van der Waals surface area (Å²) >= 11 is 0. The van der Waals surface area contributed by atoms with Crippen molar-refractivity contribution >= 4 is 35.0 Å². The first kappa shape index (κ1) is 32.2. The molecule has 1 aliphatic carbocycles. The maximum atomic E-state index is 13.1. The number of benzene rings is 4. The Bertz CT molecular complexity index is 1540. The van der Waals surface area contributed by atoms with E-state index in [0.717, 1.165) is 11.1 Å². The monoisotopic (exact) mass is 616 g/mol. The summed E-state index contributed by atoms with van der Waals surface area (Å²) in [6.07, 6.45) is 2.33. The summed E-state index contributed by atoms with van der Waals surface area (Å²) in [7, 11) is 0. The van der Waals surface area contributed by atoms with Gasteiger partial charge >= 0.3 is 0 Å². The lowest BCUT2D eigenvalue weighted by Gasteiger charge is -2.27. The van der Waals surface area contributed by atoms with Gasteiger partial charge in [-0.05, 0) is 87.1 Å². The molecule has 8 heteroatoms. The zero-order valence-electron chi connectivity index (χ0n) is 26.2. The van der Waals surface area contributed by atoms with E-state index in [1.807, 2.05) is 74.5 Å². The number of hydrogen-bond donors (Lipinski definition) is 4. The lowest BCUT2D eigenvalue weighted by atomic mass is 9.81. The van der Waals surface area contributed by atoms with Gasteiger partial charge in [0.1, 0.15) is 0 Å². The molecule has 1 fully saturated rings. The predicted octanol–water partition coefficient (Wildman–Crippen LogP) is 7.05. The largest absolute Gasteiger partial charge is 0.346 e. The van der Waals surface area contributed by atoms with Crippen molar-refractivity contribution in [2.45, 2.75) is 51.6 Å². The molecule has 236 valence electrons. The van der Waals surface area contributed by atoms with Crippen LogP contribution in [0.2, 0.25) is 0 Å². The number of anilines is 2. The van der Waals surface area contributed by atoms with Crippen molar-refractivity contribution in [3.63, 3.8) is 0 Å². The maximum Gasteiger partial charge on any atom is 0.251 e. The SMILES string of the molecule is CC(NC(=O)c1cccc(NC(=O)C2CCC(C(=O)Nc3cccc(C(=O)NC(C)c4ccccc4)c3)CC2)c1)c1ccccc1. The average Bonchev–Trinajstić information content (AvgIpc) is 3.09. The van der Waals surface area contributed by atoms with Gasteiger partial charge in [-0.1, -0.05) is 72.8 Å². The fourth-order valence-electron chi connectivity index (χ4n) is 5.79. The van der Waals surface area contributed by atoms with E-state index in [1.54, 1.807) is 48.5 Å². The molecule has 0 heterocycles. The van der Waals surface area contributed by atoms with Crippen molar-refractivity contribution in [3.05, 3.63) is 131 Å². The highest BCUT2D eigenvalue weighted by Crippen LogP contribution is 2.31. The molecule has 2 atom stereocenters. The highest BCUT2D eigenvalue weighted by atomic mass is 16.2. The van der Waals surface area contributed by atoms with Crippen LogP contribution in [0.15, 0.2) is 109 Å². The van der Waals surface area contributed by atoms with Gasteiger partial charge in [0.15, 0.2) is 0 Å². The molecule has 0 saturated heterocycles. The Balaban J connectivity index is 1.09. The summed E-state index contributed by atoms with van der Waals surface area (Å²) in [5.41, 5.74) is 4.07. The van der Waals surface area contributed by atoms with Gasteiger partial charge in [-0.3, -0.25) is 19.2 Å². The first-order chi connectivity index (χ1) is 22.3. The Hall–Kier alpha value is -5.24. The minimum Gasteiger partial charge on any atom is -0.346 e. The minimum absolute atomic E-state index is 0.113. The Labute approximate surface area is 270 Å². The molecule has 0 spiro atoms. The van der Waals surface area contributed by atoms with Crippen LogP contribution in [-0.4, -0.2) is 23.6 Å². The molecule has 1 saturated carbocycles. The third-order valence-corrected chi connectivity index (χ3v) is 8.55. The minimum atomic E-state index is -0.224. The number of hydrogen-bond acceptors (Lipinski definition) is 4. The van der Waals surface area contributed by atoms with Gasteiger partial charge in [0.2, 0.25) is 11.8 Å². The second-order valence-electron chi connectivity index (χ2n) is 11.9. The van der Waals surface area contributed by atoms with E-state index in [2.05, 4.69) is 21.3 Å². The summed E-state index contributed by atoms with van der Waals surface area (Å²) in [6, 6.07) is 33.0. The predicted molar refractivity (Wildman–Crippen MR) is 180 cm³/mol. The van der Waals surface area contributed by atoms with Crippen molar-refractivity contribution in [1.29, 1.82) is 0 Å². The van der Waals surface area contributed by atoms with E-state index < -0.39 is 0 Å². The van der Waals surface area contributed by atoms with Crippen LogP contribution < -0.4 is 21.3 Å². The zero-order chi connectivity index (χ0) is 32.5. The Morgan fingerprint density at radius 3 is 1.26 bits per heavy atom. The highest BCUT2D eigenvalue weighted by molar-refractivity contribution is 5.99. The topological polar surface area (TPSA) is 116 Å². The molecule has 4 N–H and O–H groups in total. The molecule has 0 aliphatic heterocycles. The van der Waals surface area contributed by atoms with Gasteiger partial charge < -0.3 is 21.3 Å². The van der Waals surface area contributed by atoms with E-state index in [1.165, 1.54) is 0 Å². The molecule has 0 aromatic heterocycles. The molecule has 1 aliphatic rings. The second kappa shape index (κ2) is 15.2. The van der Waals surface area contributed by atoms with Crippen LogP contribution in [0.3, 0.4) is 0 Å². The molecule has 5 rings (SSSR count). The summed E-state index contributed by atoms with van der Waals surface area (Å²) in [6.45, 7) is 3.86. The summed E-state index contributed by atoms with van der Waals surface area (Å²) < 4.78 is 0. The van der Waals surface area contributed by atoms with E-state index in [4.69, 9.17) is 0 Å². The van der Waals surface area contributed by atoms with Gasteiger partial charge in [-0.25, -0.2) is 0 Å². The number of nitrogens with one attached hydrogen (secondary N) is 4. The normalized spacial score (nSPS) is 17.2. The molecule has 4 aromatic carbocycles. The van der Waals surface area contributed by atoms with E-state index >= 15 is 0 Å². The van der Waals surface area contributed by atoms with Crippen molar-refractivity contribution < 1.29 is 19.2 Å². The number of carbonyl (C=O) groups excluding carboxylic acids is 4. The standard InChI is InChI=1S/C38H40N4O4/c1-25(27-11-5-3-6-12-27)39-37(45)31-15-9-17-33(23-31)41-35(43)29-19-21-30(22-20-29)36(44)42-34-18-10-16-32(24-34)38(46)40-26(2)28-13-7-4-8-14-28/h3-18,23-26,29-30H,19-22H2,1-2H3,(H,39,45)(H,40,46)(H,41,43)(H,42,44). The Morgan fingerprint density at radius 2 is 0.891 bits per heavy atom. The Kier molecular flexibility index (Phi) is 10.6. The Morgan fingerprint density at radius 1 is 0.522 bits per heavy atom. The van der Waals surface area contributed by atoms with Crippen LogP contribution in [0.4, 0.5) is 11.4 Å². The first-order valence-corrected chi connectivity index (χ1v) is 15.8. The fraction of sp³-hybridized carbons (Fsp3) is 0.263. The lowest BCUT2D eigenvalue weighted by Crippen LogP contribution is -2.32. The molecule has 2 unspecified atom stereocenters. The van der Waals surface area contributed by atoms with Crippen LogP contribution in [0.5, 0.6) is 0 Å².